The van der Waals surface area contributed by atoms with Crippen LogP contribution >= 0.6 is 22.6 Å². The largest absolute Gasteiger partial charge is 0.494 e. The van der Waals surface area contributed by atoms with Crippen LogP contribution in [0.3, 0.4) is 0 Å². The van der Waals surface area contributed by atoms with Gasteiger partial charge in [0, 0.05) is 21.4 Å². The van der Waals surface area contributed by atoms with E-state index >= 15 is 0 Å². The van der Waals surface area contributed by atoms with E-state index in [0.29, 0.717) is 18.1 Å². The molecular formula is C22H20INO4. The Balaban J connectivity index is 2.02. The van der Waals surface area contributed by atoms with Crippen molar-refractivity contribution in [3.8, 4) is 17.2 Å². The molecule has 5 nitrogen and oxygen atoms in total. The number of benzene rings is 2. The minimum Gasteiger partial charge on any atom is -0.494 e. The second-order valence-corrected chi connectivity index (χ2v) is 7.20. The van der Waals surface area contributed by atoms with E-state index in [9.17, 15) is 4.79 Å². The van der Waals surface area contributed by atoms with Gasteiger partial charge in [0.25, 0.3) is 0 Å². The van der Waals surface area contributed by atoms with Crippen molar-refractivity contribution in [1.29, 1.82) is 0 Å². The highest BCUT2D eigenvalue weighted by Crippen LogP contribution is 2.35. The molecule has 0 bridgehead atoms. The summed E-state index contributed by atoms with van der Waals surface area (Å²) in [5, 5.41) is 1.01. The molecule has 0 unspecified atom stereocenters. The first-order valence-corrected chi connectivity index (χ1v) is 9.86. The van der Waals surface area contributed by atoms with Crippen LogP contribution in [-0.2, 0) is 4.79 Å². The Kier molecular flexibility index (Phi) is 6.51. The smallest absolute Gasteiger partial charge is 0.308 e. The number of nitrogens with zero attached hydrogens (tertiary/aromatic N) is 1. The van der Waals surface area contributed by atoms with Gasteiger partial charge in [0.05, 0.1) is 19.4 Å². The summed E-state index contributed by atoms with van der Waals surface area (Å²) < 4.78 is 17.4. The van der Waals surface area contributed by atoms with Gasteiger partial charge in [0.2, 0.25) is 0 Å². The molecule has 0 radical (unpaired) electrons. The van der Waals surface area contributed by atoms with Gasteiger partial charge in [-0.2, -0.15) is 0 Å². The SMILES string of the molecule is CCOc1c(/C=C/c2ccc3cccc(OC)c3n2)cc(I)cc1OC(C)=O. The number of hydrogen-bond acceptors (Lipinski definition) is 5. The third-order valence-corrected chi connectivity index (χ3v) is 4.57. The molecule has 0 atom stereocenters. The minimum atomic E-state index is -0.388. The van der Waals surface area contributed by atoms with Crippen molar-refractivity contribution in [2.45, 2.75) is 13.8 Å². The van der Waals surface area contributed by atoms with Crippen molar-refractivity contribution in [3.05, 3.63) is 57.3 Å². The number of pyridine rings is 1. The average molecular weight is 489 g/mol. The van der Waals surface area contributed by atoms with Crippen LogP contribution in [0.5, 0.6) is 17.2 Å². The van der Waals surface area contributed by atoms with Crippen molar-refractivity contribution in [2.24, 2.45) is 0 Å². The Hall–Kier alpha value is -2.61. The van der Waals surface area contributed by atoms with E-state index in [2.05, 4.69) is 22.6 Å². The number of esters is 1. The summed E-state index contributed by atoms with van der Waals surface area (Å²) in [5.74, 6) is 1.29. The third kappa shape index (κ3) is 4.62. The van der Waals surface area contributed by atoms with E-state index in [-0.39, 0.29) is 5.97 Å². The Bertz CT molecular complexity index is 1050. The molecule has 0 aliphatic carbocycles. The number of carbonyl (C=O) groups is 1. The topological polar surface area (TPSA) is 57.6 Å². The van der Waals surface area contributed by atoms with E-state index in [0.717, 1.165) is 31.5 Å². The number of methoxy groups -OCH3 is 1. The van der Waals surface area contributed by atoms with Gasteiger partial charge < -0.3 is 14.2 Å². The predicted octanol–water partition coefficient (Wildman–Crippen LogP) is 5.34. The summed E-state index contributed by atoms with van der Waals surface area (Å²) in [4.78, 5) is 16.1. The highest BCUT2D eigenvalue weighted by atomic mass is 127. The lowest BCUT2D eigenvalue weighted by Gasteiger charge is -2.13. The zero-order valence-electron chi connectivity index (χ0n) is 15.9. The summed E-state index contributed by atoms with van der Waals surface area (Å²) >= 11 is 2.19. The Morgan fingerprint density at radius 1 is 1.14 bits per heavy atom. The van der Waals surface area contributed by atoms with Crippen molar-refractivity contribution in [1.82, 2.24) is 4.98 Å². The van der Waals surface area contributed by atoms with Crippen molar-refractivity contribution < 1.29 is 19.0 Å². The molecule has 0 N–H and O–H groups in total. The van der Waals surface area contributed by atoms with E-state index in [1.807, 2.05) is 55.5 Å². The maximum atomic E-state index is 11.4. The second kappa shape index (κ2) is 9.05. The van der Waals surface area contributed by atoms with E-state index in [1.165, 1.54) is 6.92 Å². The van der Waals surface area contributed by atoms with Crippen LogP contribution in [0.2, 0.25) is 0 Å². The lowest BCUT2D eigenvalue weighted by molar-refractivity contribution is -0.132. The Morgan fingerprint density at radius 3 is 2.68 bits per heavy atom. The monoisotopic (exact) mass is 489 g/mol. The lowest BCUT2D eigenvalue weighted by atomic mass is 10.1. The van der Waals surface area contributed by atoms with E-state index < -0.39 is 0 Å². The van der Waals surface area contributed by atoms with Crippen LogP contribution < -0.4 is 14.2 Å². The minimum absolute atomic E-state index is 0.388. The Morgan fingerprint density at radius 2 is 1.96 bits per heavy atom. The third-order valence-electron chi connectivity index (χ3n) is 3.95. The van der Waals surface area contributed by atoms with Gasteiger partial charge in [-0.05, 0) is 65.9 Å². The fraction of sp³-hybridized carbons (Fsp3) is 0.182. The molecule has 0 saturated heterocycles. The molecular weight excluding hydrogens is 469 g/mol. The van der Waals surface area contributed by atoms with Gasteiger partial charge in [-0.3, -0.25) is 4.79 Å². The van der Waals surface area contributed by atoms with Gasteiger partial charge in [-0.15, -0.1) is 0 Å². The highest BCUT2D eigenvalue weighted by molar-refractivity contribution is 14.1. The predicted molar refractivity (Wildman–Crippen MR) is 119 cm³/mol. The zero-order valence-corrected chi connectivity index (χ0v) is 18.0. The summed E-state index contributed by atoms with van der Waals surface area (Å²) in [5.41, 5.74) is 2.40. The molecule has 28 heavy (non-hydrogen) atoms. The van der Waals surface area contributed by atoms with Gasteiger partial charge >= 0.3 is 5.97 Å². The molecule has 144 valence electrons. The van der Waals surface area contributed by atoms with Crippen LogP contribution in [0.25, 0.3) is 23.1 Å². The summed E-state index contributed by atoms with van der Waals surface area (Å²) in [7, 11) is 1.63. The maximum absolute atomic E-state index is 11.4. The van der Waals surface area contributed by atoms with Crippen LogP contribution in [0.4, 0.5) is 0 Å². The van der Waals surface area contributed by atoms with Gasteiger partial charge in [-0.1, -0.05) is 18.2 Å². The highest BCUT2D eigenvalue weighted by Gasteiger charge is 2.13. The number of ether oxygens (including phenoxy) is 3. The number of carbonyl (C=O) groups excluding carboxylic acids is 1. The first-order valence-electron chi connectivity index (χ1n) is 8.78. The van der Waals surface area contributed by atoms with Crippen LogP contribution in [0.1, 0.15) is 25.1 Å². The van der Waals surface area contributed by atoms with Crippen molar-refractivity contribution >= 4 is 51.6 Å². The summed E-state index contributed by atoms with van der Waals surface area (Å²) in [6.07, 6.45) is 3.81. The quantitative estimate of drug-likeness (QED) is 0.266. The molecule has 0 amide bonds. The maximum Gasteiger partial charge on any atom is 0.308 e. The number of aromatic nitrogens is 1. The molecule has 1 aromatic heterocycles. The molecule has 6 heteroatoms. The molecule has 1 heterocycles. The average Bonchev–Trinajstić information content (AvgIpc) is 2.67. The number of hydrogen-bond donors (Lipinski definition) is 0. The van der Waals surface area contributed by atoms with Crippen LogP contribution in [-0.4, -0.2) is 24.7 Å². The standard InChI is InChI=1S/C22H20INO4/c1-4-27-22-16(12-17(23)13-20(22)28-14(2)25)9-11-18-10-8-15-6-5-7-19(26-3)21(15)24-18/h5-13H,4H2,1-3H3/b11-9+. The number of rotatable bonds is 6. The zero-order chi connectivity index (χ0) is 20.1. The number of halogens is 1. The summed E-state index contributed by atoms with van der Waals surface area (Å²) in [6.45, 7) is 3.72. The number of para-hydroxylation sites is 1. The van der Waals surface area contributed by atoms with Crippen molar-refractivity contribution in [3.63, 3.8) is 0 Å². The van der Waals surface area contributed by atoms with Crippen LogP contribution in [0.15, 0.2) is 42.5 Å². The molecule has 0 aliphatic heterocycles. The molecule has 3 aromatic rings. The second-order valence-electron chi connectivity index (χ2n) is 5.95. The van der Waals surface area contributed by atoms with Gasteiger partial charge in [0.1, 0.15) is 11.3 Å². The first-order chi connectivity index (χ1) is 13.5. The van der Waals surface area contributed by atoms with Crippen molar-refractivity contribution in [2.75, 3.05) is 13.7 Å². The summed E-state index contributed by atoms with van der Waals surface area (Å²) in [6, 6.07) is 13.5. The molecule has 2 aromatic carbocycles. The molecule has 0 aliphatic rings. The molecule has 0 spiro atoms. The fourth-order valence-electron chi connectivity index (χ4n) is 2.81. The lowest BCUT2D eigenvalue weighted by Crippen LogP contribution is -2.05. The first kappa shape index (κ1) is 20.1. The molecule has 0 saturated carbocycles. The molecule has 3 rings (SSSR count). The van der Waals surface area contributed by atoms with Gasteiger partial charge in [-0.25, -0.2) is 4.98 Å². The Labute approximate surface area is 177 Å². The van der Waals surface area contributed by atoms with Crippen LogP contribution in [0, 0.1) is 3.57 Å². The number of fused-ring (bicyclic) bond motifs is 1. The normalized spacial score (nSPS) is 11.0. The van der Waals surface area contributed by atoms with E-state index in [4.69, 9.17) is 19.2 Å². The van der Waals surface area contributed by atoms with E-state index in [1.54, 1.807) is 13.2 Å². The van der Waals surface area contributed by atoms with Gasteiger partial charge in [0.15, 0.2) is 11.5 Å². The fourth-order valence-corrected chi connectivity index (χ4v) is 3.43. The molecule has 0 fully saturated rings.